The maximum Gasteiger partial charge on any atom is 0.330 e. The number of fused-ring (bicyclic) bond motifs is 16. The SMILES string of the molecule is CN[C@H](CC(C)C)C(=O)N[C@H]1C(=O)N[C@@H](CC(N)=O)C(=O)N[C@H]2C(=O)N[C@H]3C(=O)N[C@H](C(=O)N[C@H](C(=O)O)c4cc(O)cc(O)c4-c4cc3ccc4O)[C@H](O[C@H]3C[C@]4(C)NC(=O)N[C@]4(O)[C@H](C)O3)c3ccc(c(Cl)c3)Oc3cc2cc(c3O[C@@H]2O[C@H](CO)[C@@H](O)[C@H](O)[C@H]2O)Oc2ccc(cc2Cl)[C@H]1O. The standard InChI is InChI=1S/C67H74Cl2N10O25/c1-23(2)12-34(71-5)57(89)76-49-51(85)26-7-10-38(32(68)14-26)100-40-16-28-17-41(56(40)104-64-54(88)53(87)52(86)42(22-80)102-64)101-39-11-8-27(15-33(39)69)55(103-44-21-66(4)67(98,24(3)99-44)79-65(97)78-66)50-62(94)75-48(63(95)96)31-18-29(81)19-37(83)45(31)30-13-25(6-9-36(30)82)46(59(91)77-50)74-60(92)47(28)73-58(90)35(20-43(70)84)72-61(49)93/h6-11,13-19,23-24,34-35,42,44,46-55,64,71,80-83,85-88,98H,12,20-22H2,1-5H3,(H2,70,84)(H,72,93)(H,73,90)(H,74,92)(H,75,94)(H,76,89)(H,77,91)(H,95,96)(H2,78,79,97)/t24-,34+,35-,42+,44-,46+,47+,48-,49+,50-,51+,52+,53-,54+,55+,64-,66-,67-/m0/s1. The van der Waals surface area contributed by atoms with Crippen molar-refractivity contribution in [2.24, 2.45) is 11.7 Å². The number of hydrogen-bond donors (Lipinski definition) is 20. The first-order chi connectivity index (χ1) is 49.1. The number of carbonyl (C=O) groups excluding carboxylic acids is 8. The Balaban J connectivity index is 1.18. The number of carbonyl (C=O) groups is 9. The summed E-state index contributed by atoms with van der Waals surface area (Å²) in [5.74, 6) is -16.3. The number of phenols is 3. The Kier molecular flexibility index (Phi) is 21.5. The first-order valence-electron chi connectivity index (χ1n) is 32.4. The van der Waals surface area contributed by atoms with Gasteiger partial charge in [0.1, 0.15) is 102 Å². The van der Waals surface area contributed by atoms with E-state index in [1.54, 1.807) is 0 Å². The molecule has 37 heteroatoms. The topological polar surface area (TPSA) is 546 Å². The number of halogens is 2. The molecule has 0 spiro atoms. The first-order valence-corrected chi connectivity index (χ1v) is 33.2. The van der Waals surface area contributed by atoms with E-state index in [-0.39, 0.29) is 39.8 Å². The van der Waals surface area contributed by atoms with Crippen LogP contribution < -0.4 is 67.8 Å². The summed E-state index contributed by atoms with van der Waals surface area (Å²) >= 11 is 14.3. The van der Waals surface area contributed by atoms with Gasteiger partial charge in [0.2, 0.25) is 53.4 Å². The van der Waals surface area contributed by atoms with Gasteiger partial charge < -0.3 is 133 Å². The summed E-state index contributed by atoms with van der Waals surface area (Å²) in [6, 6.07) is -1.60. The molecule has 13 rings (SSSR count). The zero-order valence-electron chi connectivity index (χ0n) is 55.6. The second-order valence-electron chi connectivity index (χ2n) is 26.4. The van der Waals surface area contributed by atoms with E-state index < -0.39 is 249 Å². The van der Waals surface area contributed by atoms with Gasteiger partial charge in [0.15, 0.2) is 29.6 Å². The average Bonchev–Trinajstić information content (AvgIpc) is 1.52. The smallest absolute Gasteiger partial charge is 0.330 e. The number of primary amides is 1. The number of nitrogens with two attached hydrogens (primary N) is 1. The summed E-state index contributed by atoms with van der Waals surface area (Å²) in [5, 5.41) is 135. The van der Waals surface area contributed by atoms with Crippen LogP contribution in [-0.4, -0.2) is 197 Å². The van der Waals surface area contributed by atoms with E-state index in [1.165, 1.54) is 39.1 Å². The van der Waals surface area contributed by atoms with Crippen LogP contribution in [0, 0.1) is 5.92 Å². The van der Waals surface area contributed by atoms with Gasteiger partial charge in [-0.15, -0.1) is 0 Å². The Hall–Kier alpha value is -9.89. The molecule has 5 aromatic rings. The molecular formula is C67H74Cl2N10O25. The molecule has 556 valence electrons. The fraction of sp³-hybridized carbons (Fsp3) is 0.418. The van der Waals surface area contributed by atoms with E-state index >= 15 is 19.2 Å². The van der Waals surface area contributed by atoms with Gasteiger partial charge in [-0.1, -0.05) is 55.2 Å². The van der Waals surface area contributed by atoms with Gasteiger partial charge in [-0.3, -0.25) is 33.6 Å². The highest BCUT2D eigenvalue weighted by molar-refractivity contribution is 6.32. The number of aromatic hydroxyl groups is 3. The highest BCUT2D eigenvalue weighted by Gasteiger charge is 2.63. The summed E-state index contributed by atoms with van der Waals surface area (Å²) < 4.78 is 38.2. The second kappa shape index (κ2) is 29.7. The van der Waals surface area contributed by atoms with E-state index in [9.17, 15) is 75.0 Å². The maximum absolute atomic E-state index is 16.2. The Morgan fingerprint density at radius 2 is 1.34 bits per heavy atom. The molecule has 0 radical (unpaired) electrons. The lowest BCUT2D eigenvalue weighted by molar-refractivity contribution is -0.287. The molecule has 21 N–H and O–H groups in total. The zero-order valence-corrected chi connectivity index (χ0v) is 57.1. The van der Waals surface area contributed by atoms with Crippen molar-refractivity contribution in [3.8, 4) is 57.1 Å². The number of rotatable bonds is 13. The molecule has 8 aliphatic heterocycles. The molecule has 0 unspecified atom stereocenters. The van der Waals surface area contributed by atoms with E-state index in [0.29, 0.717) is 0 Å². The van der Waals surface area contributed by atoms with Crippen LogP contribution in [0.4, 0.5) is 4.79 Å². The third-order valence-corrected chi connectivity index (χ3v) is 19.3. The minimum absolute atomic E-state index is 0.103. The highest BCUT2D eigenvalue weighted by Crippen LogP contribution is 2.50. The molecule has 104 heavy (non-hydrogen) atoms. The van der Waals surface area contributed by atoms with Gasteiger partial charge in [-0.05, 0) is 110 Å². The van der Waals surface area contributed by atoms with Gasteiger partial charge in [0.05, 0.1) is 34.7 Å². The molecule has 11 bridgehead atoms. The molecule has 35 nitrogen and oxygen atoms in total. The molecule has 8 aliphatic rings. The van der Waals surface area contributed by atoms with Crippen LogP contribution >= 0.6 is 23.2 Å². The summed E-state index contributed by atoms with van der Waals surface area (Å²) in [5.41, 5.74) is -0.867. The van der Waals surface area contributed by atoms with Gasteiger partial charge in [0, 0.05) is 29.2 Å². The molecule has 0 aromatic heterocycles. The average molecular weight is 1490 g/mol. The van der Waals surface area contributed by atoms with Crippen molar-refractivity contribution in [1.82, 2.24) is 47.9 Å². The van der Waals surface area contributed by atoms with Crippen molar-refractivity contribution in [2.75, 3.05) is 13.7 Å². The van der Waals surface area contributed by atoms with Crippen LogP contribution in [0.3, 0.4) is 0 Å². The predicted octanol–water partition coefficient (Wildman–Crippen LogP) is -0.212. The van der Waals surface area contributed by atoms with E-state index in [2.05, 4.69) is 47.9 Å². The first kappa shape index (κ1) is 75.3. The van der Waals surface area contributed by atoms with E-state index in [0.717, 1.165) is 60.7 Å². The molecule has 8 heterocycles. The number of carboxylic acid groups (broad SMARTS) is 1. The van der Waals surface area contributed by atoms with Crippen molar-refractivity contribution in [3.63, 3.8) is 0 Å². The number of urea groups is 1. The zero-order chi connectivity index (χ0) is 75.5. The molecular weight excluding hydrogens is 1420 g/mol. The minimum Gasteiger partial charge on any atom is -0.508 e. The number of nitrogens with one attached hydrogen (secondary N) is 9. The van der Waals surface area contributed by atoms with Crippen molar-refractivity contribution >= 4 is 76.6 Å². The highest BCUT2D eigenvalue weighted by atomic mass is 35.5. The van der Waals surface area contributed by atoms with Gasteiger partial charge in [-0.25, -0.2) is 9.59 Å². The second-order valence-corrected chi connectivity index (χ2v) is 27.2. The van der Waals surface area contributed by atoms with Gasteiger partial charge in [-0.2, -0.15) is 0 Å². The Labute approximate surface area is 599 Å². The summed E-state index contributed by atoms with van der Waals surface area (Å²) in [6.07, 6.45) is -18.4. The lowest BCUT2D eigenvalue weighted by Crippen LogP contribution is -2.70. The molecule has 0 saturated carbocycles. The molecule has 9 amide bonds. The van der Waals surface area contributed by atoms with Crippen molar-refractivity contribution in [3.05, 3.63) is 117 Å². The number of benzene rings is 5. The third kappa shape index (κ3) is 14.8. The fourth-order valence-corrected chi connectivity index (χ4v) is 13.7. The number of aliphatic carboxylic acids is 1. The number of carboxylic acids is 1. The normalized spacial score (nSPS) is 30.0. The van der Waals surface area contributed by atoms with Crippen molar-refractivity contribution in [2.45, 2.75) is 156 Å². The molecule has 18 atom stereocenters. The summed E-state index contributed by atoms with van der Waals surface area (Å²) in [7, 11) is 1.47. The Morgan fingerprint density at radius 3 is 1.96 bits per heavy atom. The van der Waals surface area contributed by atoms with Crippen LogP contribution in [0.2, 0.25) is 10.0 Å². The maximum atomic E-state index is 16.2. The van der Waals surface area contributed by atoms with Gasteiger partial charge >= 0.3 is 12.0 Å². The van der Waals surface area contributed by atoms with E-state index in [4.69, 9.17) is 57.4 Å². The molecule has 0 aliphatic carbocycles. The number of ether oxygens (including phenoxy) is 6. The van der Waals surface area contributed by atoms with Crippen LogP contribution in [0.25, 0.3) is 11.1 Å². The summed E-state index contributed by atoms with van der Waals surface area (Å²) in [6.45, 7) is 5.46. The number of hydrogen-bond acceptors (Lipinski definition) is 25. The minimum atomic E-state index is -2.37. The molecule has 3 saturated heterocycles. The van der Waals surface area contributed by atoms with Gasteiger partial charge in [0.25, 0.3) is 0 Å². The predicted molar refractivity (Wildman–Crippen MR) is 356 cm³/mol. The quantitative estimate of drug-likeness (QED) is 0.0725. The number of amides is 9. The lowest BCUT2D eigenvalue weighted by Gasteiger charge is -2.48. The number of aliphatic hydroxyl groups is 6. The van der Waals surface area contributed by atoms with Crippen molar-refractivity contribution in [1.29, 1.82) is 0 Å². The Morgan fingerprint density at radius 1 is 0.712 bits per heavy atom. The Bertz CT molecular complexity index is 4290. The van der Waals surface area contributed by atoms with Crippen LogP contribution in [0.1, 0.15) is 105 Å². The lowest BCUT2D eigenvalue weighted by atomic mass is 9.81. The largest absolute Gasteiger partial charge is 0.508 e. The number of phenolic OH excluding ortho intramolecular Hbond substituents is 3. The van der Waals surface area contributed by atoms with Crippen LogP contribution in [0.5, 0.6) is 46.0 Å². The monoisotopic (exact) mass is 1490 g/mol. The number of likely N-dealkylation sites (N-methyl/N-ethyl adjacent to an activating group) is 1. The summed E-state index contributed by atoms with van der Waals surface area (Å²) in [4.78, 5) is 132. The van der Waals surface area contributed by atoms with E-state index in [1.807, 2.05) is 13.8 Å². The molecule has 3 fully saturated rings. The van der Waals surface area contributed by atoms with Crippen LogP contribution in [0.15, 0.2) is 78.9 Å². The molecule has 5 aromatic carbocycles. The fourth-order valence-electron chi connectivity index (χ4n) is 13.3. The van der Waals surface area contributed by atoms with Crippen molar-refractivity contribution < 1.29 is 123 Å². The van der Waals surface area contributed by atoms with Crippen LogP contribution in [-0.2, 0) is 52.6 Å². The number of aliphatic hydroxyl groups excluding tert-OH is 5. The third-order valence-electron chi connectivity index (χ3n) is 18.7.